The first-order valence-electron chi connectivity index (χ1n) is 9.34. The molecular weight excluding hydrogens is 370 g/mol. The molecule has 7 heteroatoms. The number of anilines is 1. The number of benzene rings is 2. The average molecular weight is 396 g/mol. The molecule has 0 aliphatic carbocycles. The van der Waals surface area contributed by atoms with Gasteiger partial charge in [-0.15, -0.1) is 0 Å². The van der Waals surface area contributed by atoms with Crippen LogP contribution in [0.5, 0.6) is 0 Å². The Morgan fingerprint density at radius 2 is 1.96 bits per heavy atom. The van der Waals surface area contributed by atoms with Crippen LogP contribution in [0.3, 0.4) is 0 Å². The Balaban J connectivity index is 1.58. The highest BCUT2D eigenvalue weighted by atomic mass is 32.2. The molecule has 0 radical (unpaired) electrons. The third-order valence-electron chi connectivity index (χ3n) is 4.52. The van der Waals surface area contributed by atoms with Gasteiger partial charge in [-0.25, -0.2) is 4.98 Å². The average Bonchev–Trinajstić information content (AvgIpc) is 3.24. The molecule has 0 saturated heterocycles. The highest BCUT2D eigenvalue weighted by Crippen LogP contribution is 2.21. The second-order valence-corrected chi connectivity index (χ2v) is 7.32. The summed E-state index contributed by atoms with van der Waals surface area (Å²) in [5.74, 6) is 0.609. The quantitative estimate of drug-likeness (QED) is 0.541. The van der Waals surface area contributed by atoms with Gasteiger partial charge in [0.15, 0.2) is 5.16 Å². The Bertz CT molecular complexity index is 897. The fourth-order valence-electron chi connectivity index (χ4n) is 3.04. The van der Waals surface area contributed by atoms with Crippen LogP contribution < -0.4 is 10.2 Å². The SMILES string of the molecule is CCN(CCNC(=O)c1ccccc1CSc1ncn[nH]1)c1ccccc1C. The molecule has 28 heavy (non-hydrogen) atoms. The Kier molecular flexibility index (Phi) is 7.08. The summed E-state index contributed by atoms with van der Waals surface area (Å²) in [5, 5.41) is 10.5. The van der Waals surface area contributed by atoms with E-state index in [4.69, 9.17) is 0 Å². The largest absolute Gasteiger partial charge is 0.370 e. The van der Waals surface area contributed by atoms with Crippen molar-refractivity contribution in [1.29, 1.82) is 0 Å². The van der Waals surface area contributed by atoms with E-state index in [1.165, 1.54) is 29.3 Å². The van der Waals surface area contributed by atoms with Crippen molar-refractivity contribution in [3.05, 3.63) is 71.5 Å². The molecule has 0 atom stereocenters. The highest BCUT2D eigenvalue weighted by molar-refractivity contribution is 7.98. The van der Waals surface area contributed by atoms with E-state index in [1.807, 2.05) is 36.4 Å². The summed E-state index contributed by atoms with van der Waals surface area (Å²) in [4.78, 5) is 19.1. The molecule has 2 aromatic carbocycles. The number of carbonyl (C=O) groups excluding carboxylic acids is 1. The number of amides is 1. The fraction of sp³-hybridized carbons (Fsp3) is 0.286. The minimum Gasteiger partial charge on any atom is -0.370 e. The standard InChI is InChI=1S/C21H25N5OS/c1-3-26(19-11-7-4-8-16(19)2)13-12-22-20(27)18-10-6-5-9-17(18)14-28-21-23-15-24-25-21/h4-11,15H,3,12-14H2,1-2H3,(H,22,27)(H,23,24,25). The number of hydrogen-bond acceptors (Lipinski definition) is 5. The van der Waals surface area contributed by atoms with Crippen LogP contribution in [0.1, 0.15) is 28.4 Å². The minimum atomic E-state index is -0.0467. The van der Waals surface area contributed by atoms with Crippen LogP contribution in [0, 0.1) is 6.92 Å². The number of nitrogens with zero attached hydrogens (tertiary/aromatic N) is 3. The molecule has 3 rings (SSSR count). The fourth-order valence-corrected chi connectivity index (χ4v) is 3.83. The number of hydrogen-bond donors (Lipinski definition) is 2. The van der Waals surface area contributed by atoms with Crippen LogP contribution in [0.25, 0.3) is 0 Å². The van der Waals surface area contributed by atoms with E-state index in [0.29, 0.717) is 17.9 Å². The van der Waals surface area contributed by atoms with Gasteiger partial charge >= 0.3 is 0 Å². The van der Waals surface area contributed by atoms with Gasteiger partial charge < -0.3 is 10.2 Å². The third-order valence-corrected chi connectivity index (χ3v) is 5.45. The summed E-state index contributed by atoms with van der Waals surface area (Å²) in [6.45, 7) is 6.49. The van der Waals surface area contributed by atoms with Crippen molar-refractivity contribution in [1.82, 2.24) is 20.5 Å². The van der Waals surface area contributed by atoms with Crippen LogP contribution in [-0.4, -0.2) is 40.7 Å². The number of nitrogens with one attached hydrogen (secondary N) is 2. The lowest BCUT2D eigenvalue weighted by Gasteiger charge is -2.25. The molecule has 3 aromatic rings. The van der Waals surface area contributed by atoms with Gasteiger partial charge in [-0.3, -0.25) is 9.89 Å². The molecule has 0 aliphatic rings. The number of aromatic nitrogens is 3. The van der Waals surface area contributed by atoms with Crippen molar-refractivity contribution in [2.24, 2.45) is 0 Å². The Hall–Kier alpha value is -2.80. The van der Waals surface area contributed by atoms with Gasteiger partial charge in [-0.2, -0.15) is 5.10 Å². The molecule has 0 unspecified atom stereocenters. The zero-order valence-electron chi connectivity index (χ0n) is 16.2. The summed E-state index contributed by atoms with van der Waals surface area (Å²) in [5.41, 5.74) is 4.13. The Labute approximate surface area is 169 Å². The van der Waals surface area contributed by atoms with Gasteiger partial charge in [0.1, 0.15) is 6.33 Å². The van der Waals surface area contributed by atoms with Gasteiger partial charge in [0.05, 0.1) is 0 Å². The maximum absolute atomic E-state index is 12.7. The summed E-state index contributed by atoms with van der Waals surface area (Å²) in [7, 11) is 0. The molecule has 1 aromatic heterocycles. The molecule has 2 N–H and O–H groups in total. The number of H-pyrrole nitrogens is 1. The second-order valence-electron chi connectivity index (χ2n) is 6.36. The van der Waals surface area contributed by atoms with Gasteiger partial charge in [-0.1, -0.05) is 48.2 Å². The number of carbonyl (C=O) groups is 1. The molecule has 0 aliphatic heterocycles. The van der Waals surface area contributed by atoms with E-state index in [2.05, 4.69) is 51.4 Å². The maximum Gasteiger partial charge on any atom is 0.251 e. The number of aromatic amines is 1. The lowest BCUT2D eigenvalue weighted by molar-refractivity contribution is 0.0954. The van der Waals surface area contributed by atoms with Crippen molar-refractivity contribution in [3.8, 4) is 0 Å². The van der Waals surface area contributed by atoms with Crippen molar-refractivity contribution in [2.75, 3.05) is 24.5 Å². The summed E-state index contributed by atoms with van der Waals surface area (Å²) >= 11 is 1.53. The molecule has 1 heterocycles. The zero-order chi connectivity index (χ0) is 19.8. The van der Waals surface area contributed by atoms with Crippen LogP contribution in [0.2, 0.25) is 0 Å². The smallest absolute Gasteiger partial charge is 0.251 e. The van der Waals surface area contributed by atoms with Crippen LogP contribution >= 0.6 is 11.8 Å². The zero-order valence-corrected chi connectivity index (χ0v) is 17.0. The van der Waals surface area contributed by atoms with E-state index in [9.17, 15) is 4.79 Å². The molecule has 0 fully saturated rings. The molecule has 0 spiro atoms. The Morgan fingerprint density at radius 1 is 1.18 bits per heavy atom. The molecule has 146 valence electrons. The third kappa shape index (κ3) is 5.13. The number of aryl methyl sites for hydroxylation is 1. The monoisotopic (exact) mass is 395 g/mol. The first-order chi connectivity index (χ1) is 13.7. The van der Waals surface area contributed by atoms with Crippen molar-refractivity contribution in [2.45, 2.75) is 24.8 Å². The predicted octanol–water partition coefficient (Wildman–Crippen LogP) is 3.66. The molecule has 6 nitrogen and oxygen atoms in total. The molecule has 0 saturated carbocycles. The lowest BCUT2D eigenvalue weighted by Crippen LogP contribution is -2.35. The van der Waals surface area contributed by atoms with Gasteiger partial charge in [0, 0.05) is 36.6 Å². The lowest BCUT2D eigenvalue weighted by atomic mass is 10.1. The Morgan fingerprint density at radius 3 is 2.71 bits per heavy atom. The van der Waals surface area contributed by atoms with Gasteiger partial charge in [0.25, 0.3) is 5.91 Å². The van der Waals surface area contributed by atoms with Gasteiger partial charge in [0.2, 0.25) is 0 Å². The van der Waals surface area contributed by atoms with Crippen molar-refractivity contribution in [3.63, 3.8) is 0 Å². The molecule has 1 amide bonds. The molecule has 0 bridgehead atoms. The first kappa shape index (κ1) is 19.9. The summed E-state index contributed by atoms with van der Waals surface area (Å²) in [6, 6.07) is 16.0. The van der Waals surface area contributed by atoms with Crippen LogP contribution in [0.4, 0.5) is 5.69 Å². The number of para-hydroxylation sites is 1. The van der Waals surface area contributed by atoms with E-state index in [1.54, 1.807) is 0 Å². The van der Waals surface area contributed by atoms with Crippen molar-refractivity contribution >= 4 is 23.4 Å². The summed E-state index contributed by atoms with van der Waals surface area (Å²) < 4.78 is 0. The maximum atomic E-state index is 12.7. The van der Waals surface area contributed by atoms with E-state index in [-0.39, 0.29) is 5.91 Å². The topological polar surface area (TPSA) is 73.9 Å². The summed E-state index contributed by atoms with van der Waals surface area (Å²) in [6.07, 6.45) is 1.48. The number of thioether (sulfide) groups is 1. The predicted molar refractivity (Wildman–Crippen MR) is 114 cm³/mol. The van der Waals surface area contributed by atoms with E-state index < -0.39 is 0 Å². The van der Waals surface area contributed by atoms with E-state index >= 15 is 0 Å². The van der Waals surface area contributed by atoms with Crippen molar-refractivity contribution < 1.29 is 4.79 Å². The number of rotatable bonds is 9. The molecular formula is C21H25N5OS. The van der Waals surface area contributed by atoms with E-state index in [0.717, 1.165) is 23.8 Å². The van der Waals surface area contributed by atoms with Crippen LogP contribution in [-0.2, 0) is 5.75 Å². The first-order valence-corrected chi connectivity index (χ1v) is 10.3. The second kappa shape index (κ2) is 9.94. The van der Waals surface area contributed by atoms with Crippen LogP contribution in [0.15, 0.2) is 60.0 Å². The minimum absolute atomic E-state index is 0.0467. The van der Waals surface area contributed by atoms with Gasteiger partial charge in [-0.05, 0) is 37.1 Å². The normalized spacial score (nSPS) is 10.6. The number of likely N-dealkylation sites (N-methyl/N-ethyl adjacent to an activating group) is 1. The highest BCUT2D eigenvalue weighted by Gasteiger charge is 2.12.